The minimum Gasteiger partial charge on any atom is -0.423 e. The van der Waals surface area contributed by atoms with E-state index in [0.29, 0.717) is 5.46 Å². The van der Waals surface area contributed by atoms with Gasteiger partial charge in [0.05, 0.1) is 0 Å². The van der Waals surface area contributed by atoms with E-state index < -0.39 is 7.12 Å². The molecule has 0 aliphatic heterocycles. The molecule has 3 nitrogen and oxygen atoms in total. The first kappa shape index (κ1) is 25.3. The topological polar surface area (TPSA) is 43.7 Å². The molecular weight excluding hydrogens is 521 g/mol. The van der Waals surface area contributed by atoms with Crippen LogP contribution >= 0.6 is 11.3 Å². The molecule has 1 aromatic heterocycles. The maximum Gasteiger partial charge on any atom is 0.488 e. The Morgan fingerprint density at radius 2 is 1.02 bits per heavy atom. The molecule has 7 aromatic rings. The maximum atomic E-state index is 9.52. The Balaban J connectivity index is 1.35. The first-order chi connectivity index (χ1) is 20.1. The van der Waals surface area contributed by atoms with Gasteiger partial charge in [-0.3, -0.25) is 0 Å². The summed E-state index contributed by atoms with van der Waals surface area (Å²) >= 11 is 1.82. The average Bonchev–Trinajstić information content (AvgIpc) is 3.40. The van der Waals surface area contributed by atoms with Crippen molar-refractivity contribution >= 4 is 61.2 Å². The van der Waals surface area contributed by atoms with Crippen LogP contribution in [0.15, 0.2) is 146 Å². The van der Waals surface area contributed by atoms with E-state index in [9.17, 15) is 10.0 Å². The van der Waals surface area contributed by atoms with Crippen LogP contribution < -0.4 is 10.4 Å². The molecule has 0 bridgehead atoms. The first-order valence-corrected chi connectivity index (χ1v) is 14.4. The molecule has 196 valence electrons. The van der Waals surface area contributed by atoms with E-state index in [4.69, 9.17) is 0 Å². The summed E-state index contributed by atoms with van der Waals surface area (Å²) in [4.78, 5) is 2.30. The number of thiophene rings is 1. The van der Waals surface area contributed by atoms with Gasteiger partial charge in [-0.1, -0.05) is 103 Å². The Morgan fingerprint density at radius 3 is 1.80 bits per heavy atom. The van der Waals surface area contributed by atoms with Crippen LogP contribution in [0.1, 0.15) is 0 Å². The van der Waals surface area contributed by atoms with E-state index in [-0.39, 0.29) is 0 Å². The van der Waals surface area contributed by atoms with E-state index in [1.165, 1.54) is 31.3 Å². The summed E-state index contributed by atoms with van der Waals surface area (Å²) in [7, 11) is -1.48. The van der Waals surface area contributed by atoms with Gasteiger partial charge in [0.2, 0.25) is 0 Å². The summed E-state index contributed by atoms with van der Waals surface area (Å²) in [5.74, 6) is 0. The number of benzene rings is 6. The number of hydrogen-bond acceptors (Lipinski definition) is 4. The van der Waals surface area contributed by atoms with Gasteiger partial charge in [-0.05, 0) is 70.2 Å². The third-order valence-electron chi connectivity index (χ3n) is 7.50. The van der Waals surface area contributed by atoms with Gasteiger partial charge in [0, 0.05) is 37.2 Å². The zero-order valence-corrected chi connectivity index (χ0v) is 23.0. The molecule has 0 saturated carbocycles. The molecule has 41 heavy (non-hydrogen) atoms. The van der Waals surface area contributed by atoms with E-state index in [2.05, 4.69) is 120 Å². The standard InChI is InChI=1S/C36H26BNO2S/c39-37(40)29-17-13-27(14-18-29)28-9-6-10-31(23-28)38(30-19-15-26(16-20-30)25-7-2-1-3-8-25)32-21-22-34-33-11-4-5-12-35(33)41-36(34)24-32/h1-24,39-40H. The van der Waals surface area contributed by atoms with Gasteiger partial charge in [-0.25, -0.2) is 0 Å². The molecule has 6 aromatic carbocycles. The predicted octanol–water partition coefficient (Wildman–Crippen LogP) is 8.54. The Bertz CT molecular complexity index is 1970. The highest BCUT2D eigenvalue weighted by atomic mass is 32.1. The van der Waals surface area contributed by atoms with Crippen LogP contribution in [-0.2, 0) is 0 Å². The quantitative estimate of drug-likeness (QED) is 0.205. The molecular formula is C36H26BNO2S. The van der Waals surface area contributed by atoms with Gasteiger partial charge in [-0.15, -0.1) is 11.3 Å². The zero-order valence-electron chi connectivity index (χ0n) is 22.2. The second kappa shape index (κ2) is 10.7. The molecule has 2 N–H and O–H groups in total. The van der Waals surface area contributed by atoms with Crippen LogP contribution in [0.5, 0.6) is 0 Å². The van der Waals surface area contributed by atoms with Crippen LogP contribution in [0, 0.1) is 0 Å². The van der Waals surface area contributed by atoms with Crippen LogP contribution in [0.4, 0.5) is 17.1 Å². The van der Waals surface area contributed by atoms with Crippen molar-refractivity contribution in [3.63, 3.8) is 0 Å². The van der Waals surface area contributed by atoms with Crippen LogP contribution in [0.3, 0.4) is 0 Å². The van der Waals surface area contributed by atoms with Crippen LogP contribution in [0.25, 0.3) is 42.4 Å². The highest BCUT2D eigenvalue weighted by Gasteiger charge is 2.16. The third-order valence-corrected chi connectivity index (χ3v) is 8.63. The molecule has 0 saturated heterocycles. The number of fused-ring (bicyclic) bond motifs is 3. The fourth-order valence-corrected chi connectivity index (χ4v) is 6.55. The highest BCUT2D eigenvalue weighted by Crippen LogP contribution is 2.41. The summed E-state index contributed by atoms with van der Waals surface area (Å²) in [5.41, 5.74) is 8.10. The van der Waals surface area contributed by atoms with Gasteiger partial charge < -0.3 is 14.9 Å². The lowest BCUT2D eigenvalue weighted by atomic mass is 9.80. The summed E-state index contributed by atoms with van der Waals surface area (Å²) in [5, 5.41) is 21.6. The SMILES string of the molecule is OB(O)c1ccc(-c2cccc(N(c3ccc(-c4ccccc4)cc3)c3ccc4c(c3)sc3ccccc34)c2)cc1. The van der Waals surface area contributed by atoms with Gasteiger partial charge in [0.1, 0.15) is 0 Å². The van der Waals surface area contributed by atoms with Crippen molar-refractivity contribution in [1.29, 1.82) is 0 Å². The minimum absolute atomic E-state index is 0.474. The third kappa shape index (κ3) is 4.92. The molecule has 5 heteroatoms. The fourth-order valence-electron chi connectivity index (χ4n) is 5.41. The number of nitrogens with zero attached hydrogens (tertiary/aromatic N) is 1. The largest absolute Gasteiger partial charge is 0.488 e. The summed E-state index contributed by atoms with van der Waals surface area (Å²) < 4.78 is 2.54. The molecule has 0 aliphatic carbocycles. The van der Waals surface area contributed by atoms with E-state index in [0.717, 1.165) is 28.2 Å². The Labute approximate surface area is 243 Å². The molecule has 0 atom stereocenters. The van der Waals surface area contributed by atoms with Gasteiger partial charge >= 0.3 is 7.12 Å². The second-order valence-electron chi connectivity index (χ2n) is 10.1. The zero-order chi connectivity index (χ0) is 27.8. The van der Waals surface area contributed by atoms with Crippen molar-refractivity contribution in [2.75, 3.05) is 4.90 Å². The van der Waals surface area contributed by atoms with Crippen LogP contribution in [-0.4, -0.2) is 17.2 Å². The normalized spacial score (nSPS) is 11.2. The van der Waals surface area contributed by atoms with Crippen molar-refractivity contribution in [2.45, 2.75) is 0 Å². The van der Waals surface area contributed by atoms with E-state index in [1.807, 2.05) is 29.5 Å². The Morgan fingerprint density at radius 1 is 0.439 bits per heavy atom. The van der Waals surface area contributed by atoms with E-state index >= 15 is 0 Å². The van der Waals surface area contributed by atoms with E-state index in [1.54, 1.807) is 12.1 Å². The molecule has 0 unspecified atom stereocenters. The smallest absolute Gasteiger partial charge is 0.423 e. The lowest BCUT2D eigenvalue weighted by molar-refractivity contribution is 0.426. The fraction of sp³-hybridized carbons (Fsp3) is 0. The van der Waals surface area contributed by atoms with Crippen molar-refractivity contribution in [1.82, 2.24) is 0 Å². The molecule has 7 rings (SSSR count). The van der Waals surface area contributed by atoms with Gasteiger partial charge in [0.25, 0.3) is 0 Å². The van der Waals surface area contributed by atoms with Crippen molar-refractivity contribution in [3.8, 4) is 22.3 Å². The minimum atomic E-state index is -1.48. The number of rotatable bonds is 6. The first-order valence-electron chi connectivity index (χ1n) is 13.6. The Hall–Kier alpha value is -4.68. The predicted molar refractivity (Wildman–Crippen MR) is 175 cm³/mol. The lowest BCUT2D eigenvalue weighted by Crippen LogP contribution is -2.29. The molecule has 0 radical (unpaired) electrons. The van der Waals surface area contributed by atoms with Crippen molar-refractivity contribution in [2.24, 2.45) is 0 Å². The Kier molecular flexibility index (Phi) is 6.61. The molecule has 1 heterocycles. The molecule has 0 fully saturated rings. The second-order valence-corrected chi connectivity index (χ2v) is 11.2. The molecule has 0 amide bonds. The monoisotopic (exact) mass is 547 g/mol. The molecule has 0 spiro atoms. The van der Waals surface area contributed by atoms with Gasteiger partial charge in [0.15, 0.2) is 0 Å². The summed E-state index contributed by atoms with van der Waals surface area (Å²) in [6.07, 6.45) is 0. The summed E-state index contributed by atoms with van der Waals surface area (Å²) in [6, 6.07) is 50.3. The lowest BCUT2D eigenvalue weighted by Gasteiger charge is -2.26. The van der Waals surface area contributed by atoms with Crippen LogP contribution in [0.2, 0.25) is 0 Å². The van der Waals surface area contributed by atoms with Gasteiger partial charge in [-0.2, -0.15) is 0 Å². The summed E-state index contributed by atoms with van der Waals surface area (Å²) in [6.45, 7) is 0. The van der Waals surface area contributed by atoms with Crippen molar-refractivity contribution in [3.05, 3.63) is 146 Å². The number of hydrogen-bond donors (Lipinski definition) is 2. The molecule has 0 aliphatic rings. The van der Waals surface area contributed by atoms with Crippen molar-refractivity contribution < 1.29 is 10.0 Å². The highest BCUT2D eigenvalue weighted by molar-refractivity contribution is 7.25. The number of anilines is 3. The average molecular weight is 547 g/mol. The maximum absolute atomic E-state index is 9.52.